The molecule has 0 bridgehead atoms. The molecule has 1 aliphatic rings. The quantitative estimate of drug-likeness (QED) is 0.437. The number of aromatic amines is 1. The molecule has 1 saturated heterocycles. The lowest BCUT2D eigenvalue weighted by atomic mass is 10.1. The molecule has 33 heavy (non-hydrogen) atoms. The molecular weight excluding hydrogens is 426 g/mol. The van der Waals surface area contributed by atoms with Gasteiger partial charge >= 0.3 is 0 Å². The first kappa shape index (κ1) is 20.1. The Morgan fingerprint density at radius 3 is 2.61 bits per heavy atom. The molecular formula is C22H17N7O4. The maximum atomic E-state index is 12.9. The predicted octanol–water partition coefficient (Wildman–Crippen LogP) is 1.52. The summed E-state index contributed by atoms with van der Waals surface area (Å²) in [6.45, 7) is 0. The van der Waals surface area contributed by atoms with Crippen LogP contribution in [0.3, 0.4) is 0 Å². The third-order valence-electron chi connectivity index (χ3n) is 5.19. The summed E-state index contributed by atoms with van der Waals surface area (Å²) in [4.78, 5) is 55.2. The number of para-hydroxylation sites is 2. The van der Waals surface area contributed by atoms with Crippen molar-refractivity contribution in [3.63, 3.8) is 0 Å². The number of benzene rings is 2. The van der Waals surface area contributed by atoms with Gasteiger partial charge in [-0.1, -0.05) is 12.1 Å². The molecule has 4 aromatic rings. The van der Waals surface area contributed by atoms with E-state index in [2.05, 4.69) is 25.8 Å². The van der Waals surface area contributed by atoms with E-state index < -0.39 is 0 Å². The minimum atomic E-state index is -0.384. The Hall–Kier alpha value is -4.80. The smallest absolute Gasteiger partial charge is 0.261 e. The molecule has 1 aliphatic heterocycles. The van der Waals surface area contributed by atoms with Crippen LogP contribution in [0, 0.1) is 0 Å². The zero-order valence-corrected chi connectivity index (χ0v) is 17.1. The van der Waals surface area contributed by atoms with Crippen molar-refractivity contribution in [1.29, 1.82) is 0 Å². The zero-order chi connectivity index (χ0) is 22.9. The number of carbonyl (C=O) groups excluding carboxylic acids is 3. The van der Waals surface area contributed by atoms with E-state index in [0.717, 1.165) is 0 Å². The molecule has 0 unspecified atom stereocenters. The molecule has 3 N–H and O–H groups in total. The number of hydrogen-bond donors (Lipinski definition) is 3. The molecule has 0 spiro atoms. The maximum absolute atomic E-state index is 12.9. The second kappa shape index (κ2) is 8.04. The summed E-state index contributed by atoms with van der Waals surface area (Å²) >= 11 is 0. The van der Waals surface area contributed by atoms with E-state index >= 15 is 0 Å². The number of rotatable bonds is 4. The molecule has 0 aliphatic carbocycles. The lowest BCUT2D eigenvalue weighted by Gasteiger charge is -2.27. The lowest BCUT2D eigenvalue weighted by Crippen LogP contribution is -2.50. The van der Waals surface area contributed by atoms with E-state index in [-0.39, 0.29) is 36.1 Å². The maximum Gasteiger partial charge on any atom is 0.261 e. The number of amides is 3. The first-order valence-electron chi connectivity index (χ1n) is 10.1. The van der Waals surface area contributed by atoms with Crippen LogP contribution in [0.15, 0.2) is 65.8 Å². The van der Waals surface area contributed by atoms with Gasteiger partial charge in [-0.25, -0.2) is 14.7 Å². The van der Waals surface area contributed by atoms with Crippen LogP contribution in [0.4, 0.5) is 11.4 Å². The van der Waals surface area contributed by atoms with Crippen LogP contribution in [0.5, 0.6) is 0 Å². The molecule has 11 nitrogen and oxygen atoms in total. The summed E-state index contributed by atoms with van der Waals surface area (Å²) in [6, 6.07) is 13.3. The minimum absolute atomic E-state index is 0.133. The number of fused-ring (bicyclic) bond motifs is 1. The molecule has 11 heteroatoms. The van der Waals surface area contributed by atoms with E-state index in [4.69, 9.17) is 0 Å². The normalized spacial score (nSPS) is 13.8. The van der Waals surface area contributed by atoms with Gasteiger partial charge in [-0.15, -0.1) is 0 Å². The van der Waals surface area contributed by atoms with Gasteiger partial charge in [0, 0.05) is 18.4 Å². The number of nitrogens with zero attached hydrogens (tertiary/aromatic N) is 4. The van der Waals surface area contributed by atoms with E-state index in [1.807, 2.05) is 0 Å². The number of hydrazine groups is 1. The van der Waals surface area contributed by atoms with E-state index in [9.17, 15) is 19.2 Å². The molecule has 2 aromatic carbocycles. The fourth-order valence-corrected chi connectivity index (χ4v) is 3.54. The Morgan fingerprint density at radius 2 is 1.79 bits per heavy atom. The summed E-state index contributed by atoms with van der Waals surface area (Å²) in [6.07, 6.45) is 3.00. The Labute approximate surface area is 186 Å². The topological polar surface area (TPSA) is 142 Å². The molecule has 3 amide bonds. The van der Waals surface area contributed by atoms with Crippen LogP contribution in [0.25, 0.3) is 16.7 Å². The summed E-state index contributed by atoms with van der Waals surface area (Å²) in [5, 5.41) is 8.61. The van der Waals surface area contributed by atoms with Gasteiger partial charge in [0.15, 0.2) is 5.65 Å². The van der Waals surface area contributed by atoms with Crippen LogP contribution in [-0.4, -0.2) is 37.5 Å². The fourth-order valence-electron chi connectivity index (χ4n) is 3.54. The highest BCUT2D eigenvalue weighted by Crippen LogP contribution is 2.23. The number of aromatic nitrogens is 4. The van der Waals surface area contributed by atoms with Crippen LogP contribution < -0.4 is 21.3 Å². The number of anilines is 2. The predicted molar refractivity (Wildman–Crippen MR) is 119 cm³/mol. The number of hydrogen-bond acceptors (Lipinski definition) is 6. The molecule has 3 heterocycles. The van der Waals surface area contributed by atoms with Crippen molar-refractivity contribution >= 4 is 40.1 Å². The number of H-pyrrole nitrogens is 1. The van der Waals surface area contributed by atoms with Crippen molar-refractivity contribution in [2.75, 3.05) is 10.3 Å². The summed E-state index contributed by atoms with van der Waals surface area (Å²) in [7, 11) is 0. The average Bonchev–Trinajstić information content (AvgIpc) is 3.26. The van der Waals surface area contributed by atoms with E-state index in [1.165, 1.54) is 22.2 Å². The van der Waals surface area contributed by atoms with Crippen LogP contribution in [0.1, 0.15) is 23.2 Å². The Morgan fingerprint density at radius 1 is 1.00 bits per heavy atom. The lowest BCUT2D eigenvalue weighted by molar-refractivity contribution is -0.130. The van der Waals surface area contributed by atoms with Gasteiger partial charge in [0.1, 0.15) is 5.39 Å². The molecule has 0 saturated carbocycles. The standard InChI is InChI=1S/C22H17N7O4/c30-18-9-10-19(31)28(27-18)14-7-5-13(6-8-14)21(32)26-16-3-1-2-4-17(16)29-20-15(11-25-29)22(33)24-12-23-20/h1-8,11-12H,9-10H2,(H,26,32)(H,27,30)(H,23,24,33). The average molecular weight is 443 g/mol. The molecule has 0 atom stereocenters. The summed E-state index contributed by atoms with van der Waals surface area (Å²) in [5.74, 6) is -0.847. The minimum Gasteiger partial charge on any atom is -0.320 e. The fraction of sp³-hybridized carbons (Fsp3) is 0.0909. The highest BCUT2D eigenvalue weighted by molar-refractivity contribution is 6.06. The first-order valence-corrected chi connectivity index (χ1v) is 10.1. The first-order chi connectivity index (χ1) is 16.0. The largest absolute Gasteiger partial charge is 0.320 e. The van der Waals surface area contributed by atoms with Crippen molar-refractivity contribution < 1.29 is 14.4 Å². The van der Waals surface area contributed by atoms with E-state index in [0.29, 0.717) is 33.7 Å². The van der Waals surface area contributed by atoms with Crippen LogP contribution in [0.2, 0.25) is 0 Å². The van der Waals surface area contributed by atoms with Crippen molar-refractivity contribution in [1.82, 2.24) is 25.2 Å². The molecule has 0 radical (unpaired) electrons. The Kier molecular flexibility index (Phi) is 4.90. The third-order valence-corrected chi connectivity index (χ3v) is 5.19. The third kappa shape index (κ3) is 3.71. The van der Waals surface area contributed by atoms with E-state index in [1.54, 1.807) is 48.5 Å². The van der Waals surface area contributed by atoms with Gasteiger partial charge in [0.2, 0.25) is 11.8 Å². The monoisotopic (exact) mass is 443 g/mol. The summed E-state index contributed by atoms with van der Waals surface area (Å²) in [5.41, 5.74) is 4.39. The van der Waals surface area contributed by atoms with Crippen LogP contribution >= 0.6 is 0 Å². The van der Waals surface area contributed by atoms with Gasteiger partial charge in [-0.05, 0) is 36.4 Å². The van der Waals surface area contributed by atoms with Crippen LogP contribution in [-0.2, 0) is 9.59 Å². The second-order valence-corrected chi connectivity index (χ2v) is 7.31. The molecule has 1 fully saturated rings. The highest BCUT2D eigenvalue weighted by Gasteiger charge is 2.24. The van der Waals surface area contributed by atoms with Crippen molar-refractivity contribution in [3.05, 3.63) is 77.0 Å². The second-order valence-electron chi connectivity index (χ2n) is 7.31. The van der Waals surface area contributed by atoms with Crippen molar-refractivity contribution in [2.45, 2.75) is 12.8 Å². The molecule has 164 valence electrons. The van der Waals surface area contributed by atoms with Gasteiger partial charge in [0.25, 0.3) is 11.5 Å². The van der Waals surface area contributed by atoms with Crippen molar-refractivity contribution in [2.24, 2.45) is 0 Å². The SMILES string of the molecule is O=C1CCC(=O)N(c2ccc(C(=O)Nc3ccccc3-n3ncc4c(=O)[nH]cnc43)cc2)N1. The summed E-state index contributed by atoms with van der Waals surface area (Å²) < 4.78 is 1.48. The van der Waals surface area contributed by atoms with Crippen molar-refractivity contribution in [3.8, 4) is 5.69 Å². The van der Waals surface area contributed by atoms with Gasteiger partial charge in [-0.3, -0.25) is 24.6 Å². The van der Waals surface area contributed by atoms with Gasteiger partial charge in [0.05, 0.1) is 29.6 Å². The molecule has 5 rings (SSSR count). The Bertz CT molecular complexity index is 1460. The zero-order valence-electron chi connectivity index (χ0n) is 17.1. The number of nitrogens with one attached hydrogen (secondary N) is 3. The number of carbonyl (C=O) groups is 3. The van der Waals surface area contributed by atoms with Gasteiger partial charge < -0.3 is 10.3 Å². The molecule has 2 aromatic heterocycles. The Balaban J connectivity index is 1.41. The van der Waals surface area contributed by atoms with Gasteiger partial charge in [-0.2, -0.15) is 5.10 Å². The highest BCUT2D eigenvalue weighted by atomic mass is 16.2.